The van der Waals surface area contributed by atoms with Crippen molar-refractivity contribution in [3.8, 4) is 0 Å². The lowest BCUT2D eigenvalue weighted by Gasteiger charge is -2.34. The third kappa shape index (κ3) is 8.32. The number of amides is 2. The first-order chi connectivity index (χ1) is 21.1. The van der Waals surface area contributed by atoms with E-state index in [1.165, 1.54) is 29.2 Å². The molecule has 4 aromatic carbocycles. The van der Waals surface area contributed by atoms with E-state index in [1.807, 2.05) is 81.4 Å². The number of rotatable bonds is 13. The van der Waals surface area contributed by atoms with Crippen LogP contribution in [0.3, 0.4) is 0 Å². The zero-order valence-electron chi connectivity index (χ0n) is 25.2. The molecule has 7 nitrogen and oxygen atoms in total. The minimum atomic E-state index is -4.25. The molecule has 9 heteroatoms. The fourth-order valence-corrected chi connectivity index (χ4v) is 6.16. The monoisotopic (exact) mass is 615 g/mol. The van der Waals surface area contributed by atoms with E-state index in [-0.39, 0.29) is 35.5 Å². The van der Waals surface area contributed by atoms with Crippen LogP contribution in [0.1, 0.15) is 37.0 Å². The normalized spacial score (nSPS) is 12.6. The lowest BCUT2D eigenvalue weighted by atomic mass is 10.0. The van der Waals surface area contributed by atoms with Gasteiger partial charge in [-0.05, 0) is 67.8 Å². The Morgan fingerprint density at radius 3 is 1.95 bits per heavy atom. The SMILES string of the molecule is CCC(C)NC(=O)C(Cc1ccccc1)N(Cc1ccccc1)C(=O)CN(c1ccc(F)cc1)S(=O)(=O)c1ccc(C)cc1. The van der Waals surface area contributed by atoms with Gasteiger partial charge < -0.3 is 10.2 Å². The summed E-state index contributed by atoms with van der Waals surface area (Å²) in [6.07, 6.45) is 0.923. The molecule has 0 aliphatic carbocycles. The lowest BCUT2D eigenvalue weighted by molar-refractivity contribution is -0.140. The molecule has 0 saturated heterocycles. The van der Waals surface area contributed by atoms with Crippen LogP contribution < -0.4 is 9.62 Å². The Labute approximate surface area is 259 Å². The standard InChI is InChI=1S/C35H38FN3O4S/c1-4-27(3)37-35(41)33(23-28-11-7-5-8-12-28)38(24-29-13-9-6-10-14-29)34(40)25-39(31-19-17-30(36)18-20-31)44(42,43)32-21-15-26(2)16-22-32/h5-22,27,33H,4,23-25H2,1-3H3,(H,37,41). The van der Waals surface area contributed by atoms with Gasteiger partial charge in [0.2, 0.25) is 11.8 Å². The maximum atomic E-state index is 14.4. The summed E-state index contributed by atoms with van der Waals surface area (Å²) < 4.78 is 42.9. The molecule has 230 valence electrons. The maximum absolute atomic E-state index is 14.4. The fourth-order valence-electron chi connectivity index (χ4n) is 4.75. The van der Waals surface area contributed by atoms with E-state index in [1.54, 1.807) is 12.1 Å². The number of anilines is 1. The van der Waals surface area contributed by atoms with Crippen LogP contribution in [0.5, 0.6) is 0 Å². The molecule has 2 unspecified atom stereocenters. The number of hydrogen-bond donors (Lipinski definition) is 1. The zero-order chi connectivity index (χ0) is 31.7. The van der Waals surface area contributed by atoms with Gasteiger partial charge in [-0.15, -0.1) is 0 Å². The molecular formula is C35H38FN3O4S. The first-order valence-electron chi connectivity index (χ1n) is 14.6. The number of carbonyl (C=O) groups excluding carboxylic acids is 2. The van der Waals surface area contributed by atoms with Crippen molar-refractivity contribution in [1.29, 1.82) is 0 Å². The van der Waals surface area contributed by atoms with E-state index in [9.17, 15) is 22.4 Å². The molecule has 0 fully saturated rings. The largest absolute Gasteiger partial charge is 0.352 e. The van der Waals surface area contributed by atoms with E-state index in [2.05, 4.69) is 5.32 Å². The van der Waals surface area contributed by atoms with E-state index in [4.69, 9.17) is 0 Å². The number of aryl methyl sites for hydroxylation is 1. The summed E-state index contributed by atoms with van der Waals surface area (Å²) in [5, 5.41) is 3.02. The van der Waals surface area contributed by atoms with Gasteiger partial charge in [0, 0.05) is 19.0 Å². The second kappa shape index (κ2) is 14.8. The number of benzene rings is 4. The zero-order valence-corrected chi connectivity index (χ0v) is 26.0. The number of halogens is 1. The topological polar surface area (TPSA) is 86.8 Å². The van der Waals surface area contributed by atoms with E-state index in [0.717, 1.165) is 33.1 Å². The molecule has 4 rings (SSSR count). The average Bonchev–Trinajstić information content (AvgIpc) is 3.03. The van der Waals surface area contributed by atoms with Gasteiger partial charge in [-0.3, -0.25) is 13.9 Å². The molecular weight excluding hydrogens is 577 g/mol. The molecule has 0 spiro atoms. The van der Waals surface area contributed by atoms with Crippen LogP contribution in [0.15, 0.2) is 114 Å². The average molecular weight is 616 g/mol. The van der Waals surface area contributed by atoms with Gasteiger partial charge in [-0.2, -0.15) is 0 Å². The van der Waals surface area contributed by atoms with Crippen LogP contribution in [0.4, 0.5) is 10.1 Å². The summed E-state index contributed by atoms with van der Waals surface area (Å²) in [7, 11) is -4.25. The Bertz CT molecular complexity index is 1630. The highest BCUT2D eigenvalue weighted by Gasteiger charge is 2.35. The van der Waals surface area contributed by atoms with Crippen molar-refractivity contribution in [2.24, 2.45) is 0 Å². The summed E-state index contributed by atoms with van der Waals surface area (Å²) in [5.74, 6) is -1.44. The number of sulfonamides is 1. The van der Waals surface area contributed by atoms with Crippen LogP contribution in [0.2, 0.25) is 0 Å². The van der Waals surface area contributed by atoms with E-state index in [0.29, 0.717) is 6.42 Å². The minimum absolute atomic E-state index is 0.00909. The Morgan fingerprint density at radius 2 is 1.39 bits per heavy atom. The third-order valence-corrected chi connectivity index (χ3v) is 9.26. The highest BCUT2D eigenvalue weighted by Crippen LogP contribution is 2.26. The first-order valence-corrected chi connectivity index (χ1v) is 16.0. The second-order valence-corrected chi connectivity index (χ2v) is 12.7. The van der Waals surface area contributed by atoms with Crippen LogP contribution in [0, 0.1) is 12.7 Å². The summed E-state index contributed by atoms with van der Waals surface area (Å²) in [4.78, 5) is 29.6. The van der Waals surface area contributed by atoms with E-state index < -0.39 is 34.3 Å². The van der Waals surface area contributed by atoms with Gasteiger partial charge in [0.1, 0.15) is 18.4 Å². The van der Waals surface area contributed by atoms with Gasteiger partial charge >= 0.3 is 0 Å². The van der Waals surface area contributed by atoms with Gasteiger partial charge in [-0.1, -0.05) is 85.3 Å². The Balaban J connectivity index is 1.79. The summed E-state index contributed by atoms with van der Waals surface area (Å²) in [6, 6.07) is 28.8. The summed E-state index contributed by atoms with van der Waals surface area (Å²) in [6.45, 7) is 5.17. The van der Waals surface area contributed by atoms with Crippen molar-refractivity contribution in [2.45, 2.75) is 57.1 Å². The third-order valence-electron chi connectivity index (χ3n) is 7.47. The van der Waals surface area contributed by atoms with Crippen molar-refractivity contribution in [1.82, 2.24) is 10.2 Å². The molecule has 1 N–H and O–H groups in total. The van der Waals surface area contributed by atoms with Gasteiger partial charge in [0.25, 0.3) is 10.0 Å². The maximum Gasteiger partial charge on any atom is 0.264 e. The number of nitrogens with one attached hydrogen (secondary N) is 1. The fraction of sp³-hybridized carbons (Fsp3) is 0.257. The van der Waals surface area contributed by atoms with E-state index >= 15 is 0 Å². The van der Waals surface area contributed by atoms with Crippen LogP contribution >= 0.6 is 0 Å². The second-order valence-electron chi connectivity index (χ2n) is 10.8. The van der Waals surface area contributed by atoms with Crippen molar-refractivity contribution < 1.29 is 22.4 Å². The molecule has 2 amide bonds. The minimum Gasteiger partial charge on any atom is -0.352 e. The Hall–Kier alpha value is -4.50. The molecule has 0 aliphatic heterocycles. The first kappa shape index (κ1) is 32.4. The number of hydrogen-bond acceptors (Lipinski definition) is 4. The molecule has 0 radical (unpaired) electrons. The lowest BCUT2D eigenvalue weighted by Crippen LogP contribution is -2.54. The van der Waals surface area contributed by atoms with Gasteiger partial charge in [0.05, 0.1) is 10.6 Å². The Morgan fingerprint density at radius 1 is 0.818 bits per heavy atom. The smallest absolute Gasteiger partial charge is 0.264 e. The van der Waals surface area contributed by atoms with Crippen molar-refractivity contribution in [2.75, 3.05) is 10.8 Å². The van der Waals surface area contributed by atoms with Gasteiger partial charge in [-0.25, -0.2) is 12.8 Å². The van der Waals surface area contributed by atoms with Crippen molar-refractivity contribution >= 4 is 27.5 Å². The number of carbonyl (C=O) groups is 2. The molecule has 2 atom stereocenters. The van der Waals surface area contributed by atoms with Crippen molar-refractivity contribution in [3.63, 3.8) is 0 Å². The van der Waals surface area contributed by atoms with Gasteiger partial charge in [0.15, 0.2) is 0 Å². The Kier molecular flexibility index (Phi) is 10.9. The quantitative estimate of drug-likeness (QED) is 0.203. The molecule has 0 heterocycles. The predicted octanol–water partition coefficient (Wildman–Crippen LogP) is 5.88. The summed E-state index contributed by atoms with van der Waals surface area (Å²) in [5.41, 5.74) is 2.64. The molecule has 44 heavy (non-hydrogen) atoms. The number of nitrogens with zero attached hydrogens (tertiary/aromatic N) is 2. The molecule has 4 aromatic rings. The highest BCUT2D eigenvalue weighted by atomic mass is 32.2. The molecule has 0 bridgehead atoms. The van der Waals surface area contributed by atoms with Crippen LogP contribution in [-0.4, -0.2) is 43.8 Å². The summed E-state index contributed by atoms with van der Waals surface area (Å²) >= 11 is 0. The van der Waals surface area contributed by atoms with Crippen LogP contribution in [-0.2, 0) is 32.6 Å². The van der Waals surface area contributed by atoms with Crippen LogP contribution in [0.25, 0.3) is 0 Å². The van der Waals surface area contributed by atoms with Crippen molar-refractivity contribution in [3.05, 3.63) is 132 Å². The molecule has 0 aliphatic rings. The predicted molar refractivity (Wildman–Crippen MR) is 171 cm³/mol. The highest BCUT2D eigenvalue weighted by molar-refractivity contribution is 7.92. The molecule has 0 saturated carbocycles. The molecule has 0 aromatic heterocycles.